The van der Waals surface area contributed by atoms with Gasteiger partial charge in [0.25, 0.3) is 0 Å². The third-order valence-electron chi connectivity index (χ3n) is 1.02. The van der Waals surface area contributed by atoms with Gasteiger partial charge in [-0.15, -0.1) is 5.10 Å². The minimum absolute atomic E-state index is 0.442. The molecule has 1 N–H and O–H groups in total. The summed E-state index contributed by atoms with van der Waals surface area (Å²) in [4.78, 5) is 9.82. The van der Waals surface area contributed by atoms with Gasteiger partial charge in [0, 0.05) is 13.2 Å². The van der Waals surface area contributed by atoms with Crippen LogP contribution in [0.15, 0.2) is 6.20 Å². The third-order valence-corrected chi connectivity index (χ3v) is 1.02. The molecule has 0 aliphatic heterocycles. The van der Waals surface area contributed by atoms with Crippen molar-refractivity contribution in [2.75, 3.05) is 0 Å². The molecule has 54 valence electrons. The van der Waals surface area contributed by atoms with E-state index in [9.17, 15) is 4.79 Å². The molecule has 0 aromatic carbocycles. The summed E-state index contributed by atoms with van der Waals surface area (Å²) in [5.74, 6) is 0. The Morgan fingerprint density at radius 3 is 3.20 bits per heavy atom. The third kappa shape index (κ3) is 1.54. The van der Waals surface area contributed by atoms with Gasteiger partial charge >= 0.3 is 0 Å². The van der Waals surface area contributed by atoms with Gasteiger partial charge in [0.2, 0.25) is 6.41 Å². The molecule has 1 aromatic heterocycles. The summed E-state index contributed by atoms with van der Waals surface area (Å²) in [6, 6.07) is 0. The predicted molar refractivity (Wildman–Crippen MR) is 33.9 cm³/mol. The van der Waals surface area contributed by atoms with E-state index in [0.717, 1.165) is 5.69 Å². The highest BCUT2D eigenvalue weighted by Gasteiger charge is 1.94. The van der Waals surface area contributed by atoms with E-state index in [0.29, 0.717) is 13.0 Å². The number of aryl methyl sites for hydroxylation is 1. The predicted octanol–water partition coefficient (Wildman–Crippen LogP) is -0.939. The first kappa shape index (κ1) is 6.73. The van der Waals surface area contributed by atoms with E-state index >= 15 is 0 Å². The summed E-state index contributed by atoms with van der Waals surface area (Å²) in [5, 5.41) is 9.91. The van der Waals surface area contributed by atoms with E-state index in [1.54, 1.807) is 17.9 Å². The zero-order chi connectivity index (χ0) is 7.40. The second kappa shape index (κ2) is 2.95. The van der Waals surface area contributed by atoms with Gasteiger partial charge in [0.1, 0.15) is 5.69 Å². The van der Waals surface area contributed by atoms with E-state index in [4.69, 9.17) is 0 Å². The van der Waals surface area contributed by atoms with Crippen LogP contribution in [0.3, 0.4) is 0 Å². The van der Waals surface area contributed by atoms with E-state index in [1.165, 1.54) is 0 Å². The van der Waals surface area contributed by atoms with Crippen molar-refractivity contribution in [2.45, 2.75) is 6.54 Å². The van der Waals surface area contributed by atoms with Crippen molar-refractivity contribution >= 4 is 6.41 Å². The van der Waals surface area contributed by atoms with Crippen LogP contribution in [-0.4, -0.2) is 21.4 Å². The highest BCUT2D eigenvalue weighted by Crippen LogP contribution is 1.87. The lowest BCUT2D eigenvalue weighted by Gasteiger charge is -1.88. The van der Waals surface area contributed by atoms with Crippen molar-refractivity contribution < 1.29 is 4.79 Å². The molecule has 0 fully saturated rings. The quantitative estimate of drug-likeness (QED) is 0.551. The van der Waals surface area contributed by atoms with Crippen LogP contribution in [-0.2, 0) is 18.4 Å². The van der Waals surface area contributed by atoms with Crippen LogP contribution >= 0.6 is 0 Å². The summed E-state index contributed by atoms with van der Waals surface area (Å²) < 4.78 is 1.59. The Hall–Kier alpha value is -1.39. The topological polar surface area (TPSA) is 59.8 Å². The van der Waals surface area contributed by atoms with Crippen LogP contribution in [0.4, 0.5) is 0 Å². The number of nitrogens with one attached hydrogen (secondary N) is 1. The van der Waals surface area contributed by atoms with Crippen LogP contribution in [0.2, 0.25) is 0 Å². The normalized spacial score (nSPS) is 9.30. The maximum Gasteiger partial charge on any atom is 0.207 e. The molecule has 10 heavy (non-hydrogen) atoms. The molecular formula is C5H8N4O. The summed E-state index contributed by atoms with van der Waals surface area (Å²) >= 11 is 0. The average Bonchev–Trinajstić information content (AvgIpc) is 2.31. The summed E-state index contributed by atoms with van der Waals surface area (Å²) in [6.45, 7) is 0.442. The molecule has 5 heteroatoms. The Labute approximate surface area is 58.0 Å². The molecule has 1 aromatic rings. The van der Waals surface area contributed by atoms with Crippen LogP contribution < -0.4 is 5.32 Å². The van der Waals surface area contributed by atoms with Gasteiger partial charge in [0.15, 0.2) is 0 Å². The molecule has 0 bridgehead atoms. The van der Waals surface area contributed by atoms with Crippen molar-refractivity contribution in [3.63, 3.8) is 0 Å². The molecule has 0 aliphatic rings. The van der Waals surface area contributed by atoms with Gasteiger partial charge < -0.3 is 5.32 Å². The zero-order valence-corrected chi connectivity index (χ0v) is 5.61. The molecule has 0 radical (unpaired) electrons. The number of hydrogen-bond acceptors (Lipinski definition) is 3. The summed E-state index contributed by atoms with van der Waals surface area (Å²) in [7, 11) is 1.78. The van der Waals surface area contributed by atoms with Crippen LogP contribution in [0, 0.1) is 0 Å². The number of carbonyl (C=O) groups is 1. The standard InChI is InChI=1S/C5H8N4O/c1-9-3-5(7-8-9)2-6-4-10/h3-4H,2H2,1H3,(H,6,10). The molecule has 0 atom stereocenters. The van der Waals surface area contributed by atoms with Crippen LogP contribution in [0.1, 0.15) is 5.69 Å². The highest BCUT2D eigenvalue weighted by atomic mass is 16.1. The number of amides is 1. The van der Waals surface area contributed by atoms with Crippen molar-refractivity contribution in [3.05, 3.63) is 11.9 Å². The first-order valence-electron chi connectivity index (χ1n) is 2.85. The van der Waals surface area contributed by atoms with Gasteiger partial charge in [-0.25, -0.2) is 0 Å². The molecular weight excluding hydrogens is 132 g/mol. The summed E-state index contributed by atoms with van der Waals surface area (Å²) in [6.07, 6.45) is 2.38. The first-order chi connectivity index (χ1) is 4.83. The minimum atomic E-state index is 0.442. The fraction of sp³-hybridized carbons (Fsp3) is 0.400. The summed E-state index contributed by atoms with van der Waals surface area (Å²) in [5.41, 5.74) is 0.759. The van der Waals surface area contributed by atoms with Crippen molar-refractivity contribution in [3.8, 4) is 0 Å². The molecule has 0 unspecified atom stereocenters. The van der Waals surface area contributed by atoms with E-state index in [2.05, 4.69) is 15.6 Å². The zero-order valence-electron chi connectivity index (χ0n) is 5.61. The minimum Gasteiger partial charge on any atom is -0.353 e. The maximum atomic E-state index is 9.82. The van der Waals surface area contributed by atoms with Gasteiger partial charge in [-0.2, -0.15) is 0 Å². The number of aromatic nitrogens is 3. The lowest BCUT2D eigenvalue weighted by atomic mass is 10.5. The second-order valence-electron chi connectivity index (χ2n) is 1.88. The monoisotopic (exact) mass is 140 g/mol. The van der Waals surface area contributed by atoms with Gasteiger partial charge in [-0.1, -0.05) is 5.21 Å². The Kier molecular flexibility index (Phi) is 1.99. The fourth-order valence-electron chi connectivity index (χ4n) is 0.623. The van der Waals surface area contributed by atoms with Crippen LogP contribution in [0.25, 0.3) is 0 Å². The molecule has 1 amide bonds. The van der Waals surface area contributed by atoms with E-state index in [1.807, 2.05) is 0 Å². The Morgan fingerprint density at radius 1 is 1.90 bits per heavy atom. The lowest BCUT2D eigenvalue weighted by Crippen LogP contribution is -2.09. The molecule has 1 rings (SSSR count). The largest absolute Gasteiger partial charge is 0.353 e. The van der Waals surface area contributed by atoms with E-state index < -0.39 is 0 Å². The molecule has 1 heterocycles. The Bertz CT molecular complexity index is 219. The van der Waals surface area contributed by atoms with Gasteiger partial charge in [0.05, 0.1) is 6.54 Å². The van der Waals surface area contributed by atoms with Crippen molar-refractivity contribution in [1.82, 2.24) is 20.3 Å². The second-order valence-corrected chi connectivity index (χ2v) is 1.88. The fourth-order valence-corrected chi connectivity index (χ4v) is 0.623. The smallest absolute Gasteiger partial charge is 0.207 e. The Morgan fingerprint density at radius 2 is 2.70 bits per heavy atom. The molecule has 0 saturated carbocycles. The van der Waals surface area contributed by atoms with Gasteiger partial charge in [-0.05, 0) is 0 Å². The van der Waals surface area contributed by atoms with Crippen molar-refractivity contribution in [1.29, 1.82) is 0 Å². The van der Waals surface area contributed by atoms with Crippen LogP contribution in [0.5, 0.6) is 0 Å². The average molecular weight is 140 g/mol. The highest BCUT2D eigenvalue weighted by molar-refractivity contribution is 5.45. The maximum absolute atomic E-state index is 9.82. The molecule has 0 saturated heterocycles. The van der Waals surface area contributed by atoms with Gasteiger partial charge in [-0.3, -0.25) is 9.48 Å². The molecule has 0 aliphatic carbocycles. The van der Waals surface area contributed by atoms with E-state index in [-0.39, 0.29) is 0 Å². The number of carbonyl (C=O) groups excluding carboxylic acids is 1. The number of rotatable bonds is 3. The Balaban J connectivity index is 2.49. The first-order valence-corrected chi connectivity index (χ1v) is 2.85. The van der Waals surface area contributed by atoms with Crippen molar-refractivity contribution in [2.24, 2.45) is 7.05 Å². The molecule has 0 spiro atoms. The number of hydrogen-bond donors (Lipinski definition) is 1. The lowest BCUT2D eigenvalue weighted by molar-refractivity contribution is -0.109. The SMILES string of the molecule is Cn1cc(CNC=O)nn1. The number of nitrogens with zero attached hydrogens (tertiary/aromatic N) is 3. The molecule has 5 nitrogen and oxygen atoms in total.